The Morgan fingerprint density at radius 1 is 1.04 bits per heavy atom. The third-order valence-corrected chi connectivity index (χ3v) is 3.45. The van der Waals surface area contributed by atoms with Crippen LogP contribution in [0.4, 0.5) is 0 Å². The molecule has 1 aliphatic rings. The Kier molecular flexibility index (Phi) is 4.83. The molecule has 0 bridgehead atoms. The predicted octanol–water partition coefficient (Wildman–Crippen LogP) is 2.18. The monoisotopic (exact) mass is 318 g/mol. The molecule has 0 atom stereocenters. The number of methoxy groups -OCH3 is 1. The first-order valence-electron chi connectivity index (χ1n) is 7.39. The largest absolute Gasteiger partial charge is 0.491 e. The molecular formula is C17H18O6. The molecule has 0 amide bonds. The molecule has 1 aliphatic heterocycles. The molecular weight excluding hydrogens is 300 g/mol. The van der Waals surface area contributed by atoms with Crippen LogP contribution in [-0.2, 0) is 17.6 Å². The lowest BCUT2D eigenvalue weighted by Crippen LogP contribution is -2.08. The van der Waals surface area contributed by atoms with Gasteiger partial charge in [-0.3, -0.25) is 0 Å². The third kappa shape index (κ3) is 4.04. The van der Waals surface area contributed by atoms with Crippen molar-refractivity contribution in [2.75, 3.05) is 27.1 Å². The number of fused-ring (bicyclic) bond motifs is 1. The van der Waals surface area contributed by atoms with Crippen molar-refractivity contribution < 1.29 is 23.4 Å². The summed E-state index contributed by atoms with van der Waals surface area (Å²) in [5, 5.41) is 0. The van der Waals surface area contributed by atoms with Gasteiger partial charge in [-0.25, -0.2) is 4.79 Å². The molecule has 2 aromatic rings. The Labute approximate surface area is 133 Å². The molecule has 1 aromatic heterocycles. The molecule has 6 heteroatoms. The fourth-order valence-electron chi connectivity index (χ4n) is 2.32. The SMILES string of the molecule is COCCOc1cc(CCc2ccc3c(c2)OCO3)oc(=O)c1. The van der Waals surface area contributed by atoms with E-state index in [9.17, 15) is 4.79 Å². The Morgan fingerprint density at radius 3 is 2.78 bits per heavy atom. The minimum Gasteiger partial charge on any atom is -0.491 e. The number of rotatable bonds is 7. The molecule has 0 saturated heterocycles. The van der Waals surface area contributed by atoms with Crippen LogP contribution in [0.25, 0.3) is 0 Å². The van der Waals surface area contributed by atoms with E-state index in [1.54, 1.807) is 13.2 Å². The fraction of sp³-hybridized carbons (Fsp3) is 0.353. The number of hydrogen-bond acceptors (Lipinski definition) is 6. The molecule has 2 heterocycles. The second-order valence-corrected chi connectivity index (χ2v) is 5.11. The molecule has 23 heavy (non-hydrogen) atoms. The second-order valence-electron chi connectivity index (χ2n) is 5.11. The summed E-state index contributed by atoms with van der Waals surface area (Å²) in [5.74, 6) is 2.59. The Hall–Kier alpha value is -2.47. The third-order valence-electron chi connectivity index (χ3n) is 3.45. The summed E-state index contributed by atoms with van der Waals surface area (Å²) in [7, 11) is 1.60. The first-order chi connectivity index (χ1) is 11.2. The number of benzene rings is 1. The van der Waals surface area contributed by atoms with E-state index in [2.05, 4.69) is 0 Å². The van der Waals surface area contributed by atoms with Crippen LogP contribution in [-0.4, -0.2) is 27.1 Å². The fourth-order valence-corrected chi connectivity index (χ4v) is 2.32. The summed E-state index contributed by atoms with van der Waals surface area (Å²) in [6.45, 7) is 1.11. The van der Waals surface area contributed by atoms with E-state index in [1.807, 2.05) is 18.2 Å². The summed E-state index contributed by atoms with van der Waals surface area (Å²) in [4.78, 5) is 11.6. The molecule has 3 rings (SSSR count). The molecule has 0 fully saturated rings. The van der Waals surface area contributed by atoms with Crippen molar-refractivity contribution in [3.8, 4) is 17.2 Å². The van der Waals surface area contributed by atoms with Gasteiger partial charge in [0.1, 0.15) is 18.1 Å². The number of ether oxygens (including phenoxy) is 4. The van der Waals surface area contributed by atoms with Gasteiger partial charge in [-0.15, -0.1) is 0 Å². The van der Waals surface area contributed by atoms with Gasteiger partial charge in [0, 0.05) is 19.6 Å². The van der Waals surface area contributed by atoms with Gasteiger partial charge in [-0.2, -0.15) is 0 Å². The van der Waals surface area contributed by atoms with Crippen molar-refractivity contribution in [2.45, 2.75) is 12.8 Å². The minimum atomic E-state index is -0.416. The topological polar surface area (TPSA) is 67.1 Å². The van der Waals surface area contributed by atoms with E-state index in [1.165, 1.54) is 6.07 Å². The molecule has 0 spiro atoms. The predicted molar refractivity (Wildman–Crippen MR) is 82.3 cm³/mol. The summed E-state index contributed by atoms with van der Waals surface area (Å²) in [6, 6.07) is 8.88. The van der Waals surface area contributed by atoms with Crippen LogP contribution in [0.2, 0.25) is 0 Å². The van der Waals surface area contributed by atoms with Crippen LogP contribution in [0, 0.1) is 0 Å². The maximum atomic E-state index is 11.6. The first-order valence-corrected chi connectivity index (χ1v) is 7.39. The molecule has 0 radical (unpaired) electrons. The van der Waals surface area contributed by atoms with Crippen molar-refractivity contribution in [2.24, 2.45) is 0 Å². The van der Waals surface area contributed by atoms with Gasteiger partial charge in [0.25, 0.3) is 0 Å². The van der Waals surface area contributed by atoms with Crippen LogP contribution in [0.5, 0.6) is 17.2 Å². The van der Waals surface area contributed by atoms with Crippen molar-refractivity contribution >= 4 is 0 Å². The summed E-state index contributed by atoms with van der Waals surface area (Å²) < 4.78 is 26.2. The van der Waals surface area contributed by atoms with Gasteiger partial charge in [0.2, 0.25) is 6.79 Å². The number of hydrogen-bond donors (Lipinski definition) is 0. The second kappa shape index (κ2) is 7.19. The lowest BCUT2D eigenvalue weighted by atomic mass is 10.1. The lowest BCUT2D eigenvalue weighted by Gasteiger charge is -2.07. The zero-order valence-electron chi connectivity index (χ0n) is 12.9. The van der Waals surface area contributed by atoms with E-state index in [0.717, 1.165) is 23.5 Å². The highest BCUT2D eigenvalue weighted by molar-refractivity contribution is 5.44. The average Bonchev–Trinajstić information content (AvgIpc) is 3.00. The minimum absolute atomic E-state index is 0.258. The zero-order chi connectivity index (χ0) is 16.1. The molecule has 0 unspecified atom stereocenters. The summed E-state index contributed by atoms with van der Waals surface area (Å²) in [6.07, 6.45) is 1.32. The smallest absolute Gasteiger partial charge is 0.339 e. The number of aryl methyl sites for hydroxylation is 2. The van der Waals surface area contributed by atoms with Crippen LogP contribution >= 0.6 is 0 Å². The normalized spacial score (nSPS) is 12.4. The molecule has 122 valence electrons. The van der Waals surface area contributed by atoms with E-state index in [4.69, 9.17) is 23.4 Å². The zero-order valence-corrected chi connectivity index (χ0v) is 12.9. The van der Waals surface area contributed by atoms with Crippen LogP contribution in [0.3, 0.4) is 0 Å². The van der Waals surface area contributed by atoms with Gasteiger partial charge >= 0.3 is 5.63 Å². The Balaban J connectivity index is 1.64. The van der Waals surface area contributed by atoms with Crippen LogP contribution < -0.4 is 19.8 Å². The van der Waals surface area contributed by atoms with Crippen molar-refractivity contribution in [3.63, 3.8) is 0 Å². The molecule has 0 saturated carbocycles. The first kappa shape index (κ1) is 15.4. The highest BCUT2D eigenvalue weighted by Gasteiger charge is 2.13. The van der Waals surface area contributed by atoms with Crippen LogP contribution in [0.15, 0.2) is 39.5 Å². The van der Waals surface area contributed by atoms with Gasteiger partial charge < -0.3 is 23.4 Å². The van der Waals surface area contributed by atoms with Crippen LogP contribution in [0.1, 0.15) is 11.3 Å². The molecule has 1 aromatic carbocycles. The Morgan fingerprint density at radius 2 is 1.91 bits per heavy atom. The summed E-state index contributed by atoms with van der Waals surface area (Å²) >= 11 is 0. The average molecular weight is 318 g/mol. The van der Waals surface area contributed by atoms with Crippen molar-refractivity contribution in [3.05, 3.63) is 52.1 Å². The van der Waals surface area contributed by atoms with E-state index in [0.29, 0.717) is 31.1 Å². The standard InChI is InChI=1S/C17H18O6/c1-19-6-7-20-14-9-13(23-17(18)10-14)4-2-12-3-5-15-16(8-12)22-11-21-15/h3,5,8-10H,2,4,6-7,11H2,1H3. The van der Waals surface area contributed by atoms with Gasteiger partial charge in [-0.05, 0) is 24.1 Å². The van der Waals surface area contributed by atoms with Crippen molar-refractivity contribution in [1.82, 2.24) is 0 Å². The highest BCUT2D eigenvalue weighted by Crippen LogP contribution is 2.32. The van der Waals surface area contributed by atoms with Gasteiger partial charge in [0.15, 0.2) is 11.5 Å². The molecule has 0 N–H and O–H groups in total. The van der Waals surface area contributed by atoms with E-state index >= 15 is 0 Å². The maximum Gasteiger partial charge on any atom is 0.339 e. The van der Waals surface area contributed by atoms with Crippen molar-refractivity contribution in [1.29, 1.82) is 0 Å². The van der Waals surface area contributed by atoms with Gasteiger partial charge in [0.05, 0.1) is 12.7 Å². The maximum absolute atomic E-state index is 11.6. The van der Waals surface area contributed by atoms with E-state index in [-0.39, 0.29) is 6.79 Å². The highest BCUT2D eigenvalue weighted by atomic mass is 16.7. The molecule has 6 nitrogen and oxygen atoms in total. The van der Waals surface area contributed by atoms with E-state index < -0.39 is 5.63 Å². The lowest BCUT2D eigenvalue weighted by molar-refractivity contribution is 0.145. The molecule has 0 aliphatic carbocycles. The van der Waals surface area contributed by atoms with Gasteiger partial charge in [-0.1, -0.05) is 6.07 Å². The Bertz CT molecular complexity index is 721. The summed E-state index contributed by atoms with van der Waals surface area (Å²) in [5.41, 5.74) is 0.670. The quantitative estimate of drug-likeness (QED) is 0.729.